The Bertz CT molecular complexity index is 1230. The van der Waals surface area contributed by atoms with Crippen molar-refractivity contribution < 1.29 is 31.9 Å². The summed E-state index contributed by atoms with van der Waals surface area (Å²) in [5.74, 6) is -0.538. The van der Waals surface area contributed by atoms with Crippen molar-refractivity contribution in [3.05, 3.63) is 59.2 Å². The molecule has 3 aliphatic rings. The van der Waals surface area contributed by atoms with Gasteiger partial charge in [-0.3, -0.25) is 14.5 Å². The summed E-state index contributed by atoms with van der Waals surface area (Å²) in [7, 11) is 0. The zero-order valence-corrected chi connectivity index (χ0v) is 19.3. The van der Waals surface area contributed by atoms with Crippen molar-refractivity contribution in [2.45, 2.75) is 44.1 Å². The number of allylic oxidation sites excluding steroid dienone is 1. The van der Waals surface area contributed by atoms with E-state index in [4.69, 9.17) is 4.74 Å². The number of nitrogens with one attached hydrogen (secondary N) is 2. The number of hydrogen-bond acceptors (Lipinski definition) is 4. The number of hydrogen-bond donors (Lipinski definition) is 2. The fourth-order valence-corrected chi connectivity index (χ4v) is 4.94. The van der Waals surface area contributed by atoms with E-state index in [0.717, 1.165) is 17.7 Å². The molecule has 1 unspecified atom stereocenters. The van der Waals surface area contributed by atoms with Gasteiger partial charge >= 0.3 is 6.18 Å². The summed E-state index contributed by atoms with van der Waals surface area (Å²) < 4.78 is 58.4. The number of benzene rings is 2. The minimum atomic E-state index is -4.49. The minimum Gasteiger partial charge on any atom is -0.493 e. The van der Waals surface area contributed by atoms with Crippen LogP contribution in [0.3, 0.4) is 0 Å². The van der Waals surface area contributed by atoms with Gasteiger partial charge in [-0.1, -0.05) is 12.1 Å². The molecule has 0 spiro atoms. The predicted octanol–water partition coefficient (Wildman–Crippen LogP) is 4.81. The first-order valence-electron chi connectivity index (χ1n) is 11.9. The van der Waals surface area contributed by atoms with Crippen LogP contribution >= 0.6 is 0 Å². The predicted molar refractivity (Wildman–Crippen MR) is 126 cm³/mol. The minimum absolute atomic E-state index is 0.101. The molecule has 2 aromatic carbocycles. The van der Waals surface area contributed by atoms with Crippen LogP contribution in [0.5, 0.6) is 5.75 Å². The number of likely N-dealkylation sites (tertiary alicyclic amines) is 1. The van der Waals surface area contributed by atoms with E-state index in [2.05, 4.69) is 10.6 Å². The number of carbonyl (C=O) groups excluding carboxylic acids is 2. The van der Waals surface area contributed by atoms with Crippen molar-refractivity contribution in [2.75, 3.05) is 30.3 Å². The molecule has 1 fully saturated rings. The zero-order valence-electron chi connectivity index (χ0n) is 19.3. The smallest absolute Gasteiger partial charge is 0.416 e. The lowest BCUT2D eigenvalue weighted by molar-refractivity contribution is -0.137. The van der Waals surface area contributed by atoms with Crippen LogP contribution in [0.2, 0.25) is 0 Å². The molecule has 2 amide bonds. The lowest BCUT2D eigenvalue weighted by Crippen LogP contribution is -2.47. The lowest BCUT2D eigenvalue weighted by atomic mass is 9.97. The normalized spacial score (nSPS) is 23.3. The zero-order chi connectivity index (χ0) is 25.4. The second kappa shape index (κ2) is 9.57. The molecule has 0 aliphatic carbocycles. The Hall–Kier alpha value is -3.40. The van der Waals surface area contributed by atoms with Crippen LogP contribution in [0.15, 0.2) is 42.5 Å². The fourth-order valence-electron chi connectivity index (χ4n) is 4.94. The second-order valence-electron chi connectivity index (χ2n) is 9.28. The molecule has 2 atom stereocenters. The van der Waals surface area contributed by atoms with E-state index in [1.165, 1.54) is 12.1 Å². The molecule has 2 N–H and O–H groups in total. The highest BCUT2D eigenvalue weighted by Crippen LogP contribution is 2.38. The summed E-state index contributed by atoms with van der Waals surface area (Å²) in [5, 5.41) is 5.62. The van der Waals surface area contributed by atoms with Crippen LogP contribution in [-0.2, 0) is 22.2 Å². The van der Waals surface area contributed by atoms with Gasteiger partial charge in [-0.15, -0.1) is 0 Å². The van der Waals surface area contributed by atoms with Crippen LogP contribution in [0, 0.1) is 0 Å². The van der Waals surface area contributed by atoms with Gasteiger partial charge in [0.05, 0.1) is 18.2 Å². The summed E-state index contributed by atoms with van der Waals surface area (Å²) in [6.45, 7) is 1.05. The maximum atomic E-state index is 13.6. The first-order valence-corrected chi connectivity index (χ1v) is 11.9. The third kappa shape index (κ3) is 5.09. The number of amides is 2. The highest BCUT2D eigenvalue weighted by Gasteiger charge is 2.36. The molecule has 190 valence electrons. The second-order valence-corrected chi connectivity index (χ2v) is 9.28. The van der Waals surface area contributed by atoms with Gasteiger partial charge in [0, 0.05) is 36.1 Å². The Morgan fingerprint density at radius 2 is 2.03 bits per heavy atom. The molecule has 0 bridgehead atoms. The Labute approximate surface area is 205 Å². The first-order chi connectivity index (χ1) is 17.2. The van der Waals surface area contributed by atoms with Crippen LogP contribution in [0.25, 0.3) is 5.57 Å². The van der Waals surface area contributed by atoms with E-state index >= 15 is 0 Å². The summed E-state index contributed by atoms with van der Waals surface area (Å²) in [6.07, 6.45) is -2.11. The highest BCUT2D eigenvalue weighted by molar-refractivity contribution is 6.05. The average molecular weight is 503 g/mol. The number of rotatable bonds is 3. The molecule has 0 aromatic heterocycles. The van der Waals surface area contributed by atoms with E-state index < -0.39 is 29.9 Å². The van der Waals surface area contributed by atoms with Gasteiger partial charge in [-0.25, -0.2) is 4.39 Å². The molecule has 5 rings (SSSR count). The number of halogens is 4. The van der Waals surface area contributed by atoms with Crippen LogP contribution in [-0.4, -0.2) is 48.6 Å². The largest absolute Gasteiger partial charge is 0.493 e. The highest BCUT2D eigenvalue weighted by atomic mass is 19.4. The molecular weight excluding hydrogens is 478 g/mol. The molecule has 3 heterocycles. The van der Waals surface area contributed by atoms with Gasteiger partial charge in [0.1, 0.15) is 11.9 Å². The summed E-state index contributed by atoms with van der Waals surface area (Å²) in [5.41, 5.74) is 2.19. The van der Waals surface area contributed by atoms with Gasteiger partial charge < -0.3 is 15.4 Å². The van der Waals surface area contributed by atoms with Gasteiger partial charge in [0.15, 0.2) is 0 Å². The first kappa shape index (κ1) is 24.3. The molecule has 10 heteroatoms. The van der Waals surface area contributed by atoms with Gasteiger partial charge in [0.2, 0.25) is 11.8 Å². The maximum Gasteiger partial charge on any atom is 0.416 e. The standard InChI is InChI=1S/C26H25F4N3O3/c27-18-7-8-33(14-18)22-10-16-3-5-19(13-21(16)32-25(22)35)31-24(34)11-15-2-1-9-36-23-12-17(26(28,29)30)4-6-20(15)23/h3-6,11-13,18,22H,1-2,7-10,14H2,(H,31,34)(H,32,35)/t18-,22?/m1/s1. The van der Waals surface area contributed by atoms with Crippen molar-refractivity contribution in [1.82, 2.24) is 4.90 Å². The third-order valence-corrected chi connectivity index (χ3v) is 6.76. The Morgan fingerprint density at radius 1 is 1.19 bits per heavy atom. The molecule has 6 nitrogen and oxygen atoms in total. The van der Waals surface area contributed by atoms with Gasteiger partial charge in [-0.2, -0.15) is 13.2 Å². The van der Waals surface area contributed by atoms with E-state index in [9.17, 15) is 27.2 Å². The van der Waals surface area contributed by atoms with E-state index in [-0.39, 0.29) is 24.8 Å². The van der Waals surface area contributed by atoms with Crippen molar-refractivity contribution in [1.29, 1.82) is 0 Å². The summed E-state index contributed by atoms with van der Waals surface area (Å²) in [4.78, 5) is 27.3. The van der Waals surface area contributed by atoms with Crippen LogP contribution in [0.4, 0.5) is 28.9 Å². The van der Waals surface area contributed by atoms with E-state index in [0.29, 0.717) is 54.7 Å². The van der Waals surface area contributed by atoms with Crippen molar-refractivity contribution in [3.63, 3.8) is 0 Å². The third-order valence-electron chi connectivity index (χ3n) is 6.76. The molecule has 2 aromatic rings. The summed E-state index contributed by atoms with van der Waals surface area (Å²) in [6, 6.07) is 8.07. The van der Waals surface area contributed by atoms with Crippen molar-refractivity contribution in [3.8, 4) is 5.75 Å². The number of fused-ring (bicyclic) bond motifs is 2. The topological polar surface area (TPSA) is 70.7 Å². The SMILES string of the molecule is O=C(C=C1CCCOc2cc(C(F)(F)F)ccc21)Nc1ccc2c(c1)NC(=O)C(N1CC[C@@H](F)C1)C2. The Kier molecular flexibility index (Phi) is 6.46. The van der Waals surface area contributed by atoms with Crippen LogP contribution in [0.1, 0.15) is 36.0 Å². The number of alkyl halides is 4. The lowest BCUT2D eigenvalue weighted by Gasteiger charge is -2.31. The quantitative estimate of drug-likeness (QED) is 0.466. The molecule has 0 radical (unpaired) electrons. The van der Waals surface area contributed by atoms with E-state index in [1.807, 2.05) is 11.0 Å². The molecular formula is C26H25F4N3O3. The van der Waals surface area contributed by atoms with Crippen molar-refractivity contribution >= 4 is 28.8 Å². The van der Waals surface area contributed by atoms with Gasteiger partial charge in [0.25, 0.3) is 0 Å². The summed E-state index contributed by atoms with van der Waals surface area (Å²) >= 11 is 0. The van der Waals surface area contributed by atoms with Crippen molar-refractivity contribution in [2.24, 2.45) is 0 Å². The maximum absolute atomic E-state index is 13.6. The number of carbonyl (C=O) groups is 2. The van der Waals surface area contributed by atoms with Gasteiger partial charge in [-0.05, 0) is 61.1 Å². The number of ether oxygens (including phenoxy) is 1. The Balaban J connectivity index is 1.31. The number of nitrogens with zero attached hydrogens (tertiary/aromatic N) is 1. The Morgan fingerprint density at radius 3 is 2.78 bits per heavy atom. The molecule has 36 heavy (non-hydrogen) atoms. The fraction of sp³-hybridized carbons (Fsp3) is 0.385. The monoisotopic (exact) mass is 503 g/mol. The van der Waals surface area contributed by atoms with E-state index in [1.54, 1.807) is 12.1 Å². The number of anilines is 2. The molecule has 1 saturated heterocycles. The molecule has 3 aliphatic heterocycles. The van der Waals surface area contributed by atoms with Crippen LogP contribution < -0.4 is 15.4 Å². The average Bonchev–Trinajstić information content (AvgIpc) is 3.15. The molecule has 0 saturated carbocycles.